The molecule has 0 amide bonds. The van der Waals surface area contributed by atoms with Gasteiger partial charge < -0.3 is 9.47 Å². The number of carbonyl (C=O) groups excluding carboxylic acids is 3. The van der Waals surface area contributed by atoms with Crippen molar-refractivity contribution in [3.8, 4) is 0 Å². The van der Waals surface area contributed by atoms with E-state index in [-0.39, 0.29) is 11.7 Å². The van der Waals surface area contributed by atoms with Gasteiger partial charge in [-0.3, -0.25) is 4.79 Å². The van der Waals surface area contributed by atoms with E-state index in [9.17, 15) is 14.4 Å². The molecule has 2 aliphatic carbocycles. The van der Waals surface area contributed by atoms with Gasteiger partial charge in [-0.15, -0.1) is 0 Å². The molecule has 132 valence electrons. The Kier molecular flexibility index (Phi) is 4.06. The number of rotatable bonds is 2. The summed E-state index contributed by atoms with van der Waals surface area (Å²) in [4.78, 5) is 37.2. The molecule has 3 atom stereocenters. The fourth-order valence-electron chi connectivity index (χ4n) is 3.72. The lowest BCUT2D eigenvalue weighted by Gasteiger charge is -2.25. The van der Waals surface area contributed by atoms with Crippen molar-refractivity contribution in [1.82, 2.24) is 0 Å². The van der Waals surface area contributed by atoms with Crippen LogP contribution in [0.2, 0.25) is 0 Å². The van der Waals surface area contributed by atoms with Crippen LogP contribution >= 0.6 is 0 Å². The zero-order valence-electron chi connectivity index (χ0n) is 15.1. The third-order valence-corrected chi connectivity index (χ3v) is 5.35. The molecular weight excluding hydrogens is 320 g/mol. The Bertz CT molecular complexity index is 808. The minimum Gasteiger partial charge on any atom is -0.453 e. The number of allylic oxidation sites excluding steroid dienone is 4. The molecule has 0 aromatic carbocycles. The van der Waals surface area contributed by atoms with E-state index < -0.39 is 23.6 Å². The quantitative estimate of drug-likeness (QED) is 0.438. The maximum atomic E-state index is 12.6. The molecule has 0 unspecified atom stereocenters. The Hall–Kier alpha value is -2.43. The number of esters is 2. The Morgan fingerprint density at radius 1 is 1.36 bits per heavy atom. The van der Waals surface area contributed by atoms with Gasteiger partial charge in [-0.25, -0.2) is 9.59 Å². The number of carbonyl (C=O) groups is 3. The van der Waals surface area contributed by atoms with Gasteiger partial charge >= 0.3 is 11.9 Å². The zero-order chi connectivity index (χ0) is 18.5. The van der Waals surface area contributed by atoms with E-state index in [1.54, 1.807) is 32.9 Å². The molecular formula is C20H22O5. The van der Waals surface area contributed by atoms with Crippen LogP contribution in [0.25, 0.3) is 0 Å². The van der Waals surface area contributed by atoms with Crippen molar-refractivity contribution in [1.29, 1.82) is 0 Å². The summed E-state index contributed by atoms with van der Waals surface area (Å²) in [7, 11) is 0. The Balaban J connectivity index is 2.03. The fraction of sp³-hybridized carbons (Fsp3) is 0.450. The van der Waals surface area contributed by atoms with Crippen molar-refractivity contribution >= 4 is 17.7 Å². The second kappa shape index (κ2) is 5.83. The van der Waals surface area contributed by atoms with Gasteiger partial charge in [0.05, 0.1) is 5.92 Å². The van der Waals surface area contributed by atoms with Crippen LogP contribution in [0.4, 0.5) is 0 Å². The minimum absolute atomic E-state index is 0.0268. The first kappa shape index (κ1) is 17.4. The molecule has 5 heteroatoms. The molecule has 5 nitrogen and oxygen atoms in total. The SMILES string of the molecule is C/C=C(\C)C(=O)O[C@]1(C)C(=O)O[C@H]2C1=CCC(C)=C1C(=O)C=C(C)[C@H]12. The smallest absolute Gasteiger partial charge is 0.355 e. The van der Waals surface area contributed by atoms with E-state index in [0.29, 0.717) is 23.1 Å². The lowest BCUT2D eigenvalue weighted by Crippen LogP contribution is -2.39. The Labute approximate surface area is 147 Å². The van der Waals surface area contributed by atoms with E-state index in [2.05, 4.69) is 0 Å². The van der Waals surface area contributed by atoms with Gasteiger partial charge in [-0.1, -0.05) is 23.3 Å². The van der Waals surface area contributed by atoms with Crippen LogP contribution in [-0.4, -0.2) is 29.4 Å². The molecule has 0 saturated carbocycles. The highest BCUT2D eigenvalue weighted by Gasteiger charge is 2.57. The number of hydrogen-bond donors (Lipinski definition) is 0. The highest BCUT2D eigenvalue weighted by Crippen LogP contribution is 2.47. The maximum absolute atomic E-state index is 12.6. The predicted octanol–water partition coefficient (Wildman–Crippen LogP) is 2.97. The van der Waals surface area contributed by atoms with E-state index in [1.165, 1.54) is 0 Å². The van der Waals surface area contributed by atoms with Crippen LogP contribution < -0.4 is 0 Å². The first-order valence-corrected chi connectivity index (χ1v) is 8.40. The second-order valence-electron chi connectivity index (χ2n) is 7.01. The summed E-state index contributed by atoms with van der Waals surface area (Å²) in [5, 5.41) is 0. The topological polar surface area (TPSA) is 69.7 Å². The van der Waals surface area contributed by atoms with Crippen LogP contribution in [0.3, 0.4) is 0 Å². The molecule has 3 rings (SSSR count). The molecule has 25 heavy (non-hydrogen) atoms. The lowest BCUT2D eigenvalue weighted by atomic mass is 9.83. The molecule has 1 aliphatic heterocycles. The first-order chi connectivity index (χ1) is 11.7. The van der Waals surface area contributed by atoms with Crippen molar-refractivity contribution in [2.75, 3.05) is 0 Å². The summed E-state index contributed by atoms with van der Waals surface area (Å²) in [6, 6.07) is 0. The highest BCUT2D eigenvalue weighted by molar-refractivity contribution is 6.09. The van der Waals surface area contributed by atoms with Crippen molar-refractivity contribution in [3.05, 3.63) is 46.1 Å². The lowest BCUT2D eigenvalue weighted by molar-refractivity contribution is -0.167. The molecule has 1 fully saturated rings. The van der Waals surface area contributed by atoms with E-state index in [1.807, 2.05) is 19.9 Å². The molecule has 0 spiro atoms. The first-order valence-electron chi connectivity index (χ1n) is 8.40. The van der Waals surface area contributed by atoms with E-state index >= 15 is 0 Å². The van der Waals surface area contributed by atoms with Crippen LogP contribution in [0.15, 0.2) is 46.1 Å². The van der Waals surface area contributed by atoms with Gasteiger partial charge in [0.2, 0.25) is 5.60 Å². The average molecular weight is 342 g/mol. The third kappa shape index (κ3) is 2.49. The van der Waals surface area contributed by atoms with Crippen LogP contribution in [0, 0.1) is 5.92 Å². The molecule has 0 aromatic heterocycles. The minimum atomic E-state index is -1.46. The summed E-state index contributed by atoms with van der Waals surface area (Å²) in [6.45, 7) is 8.72. The van der Waals surface area contributed by atoms with E-state index in [4.69, 9.17) is 9.47 Å². The molecule has 1 saturated heterocycles. The van der Waals surface area contributed by atoms with Crippen molar-refractivity contribution < 1.29 is 23.9 Å². The number of hydrogen-bond acceptors (Lipinski definition) is 5. The van der Waals surface area contributed by atoms with Crippen LogP contribution in [0.1, 0.15) is 41.0 Å². The Morgan fingerprint density at radius 2 is 2.04 bits per heavy atom. The monoisotopic (exact) mass is 342 g/mol. The van der Waals surface area contributed by atoms with Crippen molar-refractivity contribution in [3.63, 3.8) is 0 Å². The molecule has 3 aliphatic rings. The highest BCUT2D eigenvalue weighted by atomic mass is 16.6. The van der Waals surface area contributed by atoms with Crippen molar-refractivity contribution in [2.45, 2.75) is 52.7 Å². The van der Waals surface area contributed by atoms with Crippen molar-refractivity contribution in [2.24, 2.45) is 5.92 Å². The van der Waals surface area contributed by atoms with Crippen LogP contribution in [-0.2, 0) is 23.9 Å². The summed E-state index contributed by atoms with van der Waals surface area (Å²) in [6.07, 6.45) is 5.03. The van der Waals surface area contributed by atoms with Gasteiger partial charge in [-0.05, 0) is 47.1 Å². The van der Waals surface area contributed by atoms with Gasteiger partial charge in [0.15, 0.2) is 5.78 Å². The average Bonchev–Trinajstić information content (AvgIpc) is 2.90. The second-order valence-corrected chi connectivity index (χ2v) is 7.01. The maximum Gasteiger partial charge on any atom is 0.355 e. The van der Waals surface area contributed by atoms with Gasteiger partial charge in [0, 0.05) is 16.7 Å². The molecule has 1 heterocycles. The summed E-state index contributed by atoms with van der Waals surface area (Å²) in [5.41, 5.74) is 2.10. The fourth-order valence-corrected chi connectivity index (χ4v) is 3.72. The molecule has 0 N–H and O–H groups in total. The third-order valence-electron chi connectivity index (χ3n) is 5.35. The molecule has 0 bridgehead atoms. The summed E-state index contributed by atoms with van der Waals surface area (Å²) >= 11 is 0. The standard InChI is InChI=1S/C20H22O5/c1-6-10(2)18(22)25-20(5)13-8-7-11(3)15-14(21)9-12(4)16(15)17(13)24-19(20)23/h6,8-9,16-17H,7H2,1-5H3/b10-6+/t16-,17+,20+/m1/s1. The molecule has 0 aromatic rings. The van der Waals surface area contributed by atoms with Crippen LogP contribution in [0.5, 0.6) is 0 Å². The van der Waals surface area contributed by atoms with Gasteiger partial charge in [0.1, 0.15) is 6.10 Å². The van der Waals surface area contributed by atoms with Gasteiger partial charge in [-0.2, -0.15) is 0 Å². The predicted molar refractivity (Wildman–Crippen MR) is 91.5 cm³/mol. The summed E-state index contributed by atoms with van der Waals surface area (Å²) < 4.78 is 11.2. The summed E-state index contributed by atoms with van der Waals surface area (Å²) in [5.74, 6) is -1.46. The molecule has 0 radical (unpaired) electrons. The van der Waals surface area contributed by atoms with E-state index in [0.717, 1.165) is 11.1 Å². The number of ether oxygens (including phenoxy) is 2. The number of fused-ring (bicyclic) bond motifs is 3. The largest absolute Gasteiger partial charge is 0.453 e. The normalized spacial score (nSPS) is 31.8. The van der Waals surface area contributed by atoms with Gasteiger partial charge in [0.25, 0.3) is 0 Å². The zero-order valence-corrected chi connectivity index (χ0v) is 15.1. The Morgan fingerprint density at radius 3 is 2.68 bits per heavy atom. The number of ketones is 1.